The second-order valence-corrected chi connectivity index (χ2v) is 6.76. The van der Waals surface area contributed by atoms with Crippen molar-refractivity contribution in [2.24, 2.45) is 0 Å². The third kappa shape index (κ3) is 2.86. The molecule has 0 radical (unpaired) electrons. The molecule has 2 aromatic rings. The molecule has 2 aromatic carbocycles. The zero-order chi connectivity index (χ0) is 15.7. The van der Waals surface area contributed by atoms with Crippen LogP contribution in [0.1, 0.15) is 29.9 Å². The fraction of sp³-hybridized carbons (Fsp3) is 0.368. The van der Waals surface area contributed by atoms with E-state index in [2.05, 4.69) is 67.3 Å². The number of halogens is 1. The summed E-state index contributed by atoms with van der Waals surface area (Å²) >= 11 is 6.27. The van der Waals surface area contributed by atoms with Crippen LogP contribution in [0.4, 0.5) is 11.4 Å². The first-order valence-corrected chi connectivity index (χ1v) is 8.22. The summed E-state index contributed by atoms with van der Waals surface area (Å²) in [6, 6.07) is 15.0. The minimum atomic E-state index is 0.432. The summed E-state index contributed by atoms with van der Waals surface area (Å²) in [7, 11) is 6.41. The molecule has 1 heterocycles. The number of fused-ring (bicyclic) bond motifs is 2. The van der Waals surface area contributed by atoms with Gasteiger partial charge in [0.15, 0.2) is 0 Å². The lowest BCUT2D eigenvalue weighted by atomic mass is 9.82. The lowest BCUT2D eigenvalue weighted by Gasteiger charge is -2.35. The highest BCUT2D eigenvalue weighted by Gasteiger charge is 2.28. The molecule has 0 aliphatic carbocycles. The van der Waals surface area contributed by atoms with E-state index in [1.165, 1.54) is 28.9 Å². The van der Waals surface area contributed by atoms with Gasteiger partial charge in [0.2, 0.25) is 0 Å². The third-order valence-corrected chi connectivity index (χ3v) is 4.73. The van der Waals surface area contributed by atoms with E-state index in [1.54, 1.807) is 0 Å². The van der Waals surface area contributed by atoms with Crippen LogP contribution in [0.15, 0.2) is 42.5 Å². The molecule has 1 atom stereocenters. The van der Waals surface area contributed by atoms with Crippen LogP contribution in [0.2, 0.25) is 5.02 Å². The maximum Gasteiger partial charge on any atom is 0.0448 e. The smallest absolute Gasteiger partial charge is 0.0448 e. The summed E-state index contributed by atoms with van der Waals surface area (Å²) in [4.78, 5) is 4.53. The lowest BCUT2D eigenvalue weighted by molar-refractivity contribution is 0.389. The van der Waals surface area contributed by atoms with Gasteiger partial charge < -0.3 is 9.80 Å². The first-order valence-electron chi connectivity index (χ1n) is 7.85. The average molecular weight is 315 g/mol. The Morgan fingerprint density at radius 1 is 1.05 bits per heavy atom. The second kappa shape index (κ2) is 6.31. The van der Waals surface area contributed by atoms with Gasteiger partial charge in [-0.3, -0.25) is 0 Å². The number of rotatable bonds is 4. The van der Waals surface area contributed by atoms with Crippen molar-refractivity contribution in [2.75, 3.05) is 32.6 Å². The Labute approximate surface area is 138 Å². The maximum absolute atomic E-state index is 6.27. The summed E-state index contributed by atoms with van der Waals surface area (Å²) in [5.74, 6) is 0.432. The highest BCUT2D eigenvalue weighted by Crippen LogP contribution is 2.47. The Balaban J connectivity index is 2.01. The summed E-state index contributed by atoms with van der Waals surface area (Å²) < 4.78 is 0. The topological polar surface area (TPSA) is 6.48 Å². The molecular weight excluding hydrogens is 292 g/mol. The lowest BCUT2D eigenvalue weighted by Crippen LogP contribution is -2.22. The van der Waals surface area contributed by atoms with Crippen molar-refractivity contribution < 1.29 is 0 Å². The highest BCUT2D eigenvalue weighted by atomic mass is 35.5. The van der Waals surface area contributed by atoms with E-state index in [-0.39, 0.29) is 0 Å². The van der Waals surface area contributed by atoms with Gasteiger partial charge in [-0.15, -0.1) is 0 Å². The van der Waals surface area contributed by atoms with Crippen LogP contribution in [-0.4, -0.2) is 32.6 Å². The predicted octanol–water partition coefficient (Wildman–Crippen LogP) is 4.90. The fourth-order valence-corrected chi connectivity index (χ4v) is 3.60. The largest absolute Gasteiger partial charge is 0.344 e. The van der Waals surface area contributed by atoms with Crippen LogP contribution in [0.5, 0.6) is 0 Å². The molecule has 0 saturated heterocycles. The third-order valence-electron chi connectivity index (χ3n) is 4.50. The number of nitrogens with zero attached hydrogens (tertiary/aromatic N) is 2. The summed E-state index contributed by atoms with van der Waals surface area (Å²) in [6.45, 7) is 1.12. The van der Waals surface area contributed by atoms with Crippen molar-refractivity contribution >= 4 is 23.0 Å². The Morgan fingerprint density at radius 2 is 1.77 bits per heavy atom. The van der Waals surface area contributed by atoms with Gasteiger partial charge in [-0.1, -0.05) is 29.8 Å². The zero-order valence-electron chi connectivity index (χ0n) is 13.5. The van der Waals surface area contributed by atoms with Crippen LogP contribution in [0.25, 0.3) is 0 Å². The van der Waals surface area contributed by atoms with Gasteiger partial charge in [-0.25, -0.2) is 0 Å². The minimum absolute atomic E-state index is 0.432. The quantitative estimate of drug-likeness (QED) is 0.792. The predicted molar refractivity (Wildman–Crippen MR) is 95.6 cm³/mol. The van der Waals surface area contributed by atoms with E-state index in [0.717, 1.165) is 18.0 Å². The average Bonchev–Trinajstić information content (AvgIpc) is 2.50. The molecular formula is C19H23ClN2. The van der Waals surface area contributed by atoms with E-state index in [4.69, 9.17) is 11.6 Å². The highest BCUT2D eigenvalue weighted by molar-refractivity contribution is 6.30. The number of para-hydroxylation sites is 1. The molecule has 0 aromatic heterocycles. The number of benzene rings is 2. The summed E-state index contributed by atoms with van der Waals surface area (Å²) in [6.07, 6.45) is 2.33. The molecule has 3 rings (SSSR count). The molecule has 0 spiro atoms. The summed E-state index contributed by atoms with van der Waals surface area (Å²) in [5.41, 5.74) is 5.36. The molecule has 1 aliphatic heterocycles. The van der Waals surface area contributed by atoms with Crippen LogP contribution >= 0.6 is 11.6 Å². The maximum atomic E-state index is 6.27. The van der Waals surface area contributed by atoms with E-state index < -0.39 is 0 Å². The van der Waals surface area contributed by atoms with Crippen molar-refractivity contribution in [3.63, 3.8) is 0 Å². The summed E-state index contributed by atoms with van der Waals surface area (Å²) in [5, 5.41) is 0.823. The van der Waals surface area contributed by atoms with Crippen molar-refractivity contribution in [2.45, 2.75) is 18.8 Å². The molecule has 1 unspecified atom stereocenters. The Kier molecular flexibility index (Phi) is 4.42. The van der Waals surface area contributed by atoms with E-state index in [1.807, 2.05) is 6.07 Å². The van der Waals surface area contributed by atoms with Gasteiger partial charge in [0, 0.05) is 29.4 Å². The normalized spacial score (nSPS) is 16.6. The van der Waals surface area contributed by atoms with Gasteiger partial charge >= 0.3 is 0 Å². The van der Waals surface area contributed by atoms with Crippen molar-refractivity contribution in [3.8, 4) is 0 Å². The first kappa shape index (κ1) is 15.4. The minimum Gasteiger partial charge on any atom is -0.344 e. The van der Waals surface area contributed by atoms with E-state index >= 15 is 0 Å². The molecule has 0 saturated carbocycles. The standard InChI is InChI=1S/C19H23ClN2/c1-21(2)12-6-8-15-16-7-4-5-9-18(16)22(3)19-11-10-14(20)13-17(15)19/h4-5,7,9-11,13,15H,6,8,12H2,1-3H3. The number of hydrogen-bond acceptors (Lipinski definition) is 2. The SMILES string of the molecule is CN(C)CCCC1c2ccccc2N(C)c2ccc(Cl)cc21. The van der Waals surface area contributed by atoms with Crippen molar-refractivity contribution in [3.05, 3.63) is 58.6 Å². The number of hydrogen-bond donors (Lipinski definition) is 0. The fourth-order valence-electron chi connectivity index (χ4n) is 3.42. The van der Waals surface area contributed by atoms with Crippen LogP contribution in [-0.2, 0) is 0 Å². The Morgan fingerprint density at radius 3 is 2.55 bits per heavy atom. The Bertz CT molecular complexity index is 666. The Hall–Kier alpha value is -1.51. The van der Waals surface area contributed by atoms with E-state index in [0.29, 0.717) is 5.92 Å². The van der Waals surface area contributed by atoms with Crippen molar-refractivity contribution in [1.29, 1.82) is 0 Å². The van der Waals surface area contributed by atoms with E-state index in [9.17, 15) is 0 Å². The van der Waals surface area contributed by atoms with Gasteiger partial charge in [0.1, 0.15) is 0 Å². The van der Waals surface area contributed by atoms with Crippen LogP contribution in [0.3, 0.4) is 0 Å². The molecule has 22 heavy (non-hydrogen) atoms. The molecule has 0 amide bonds. The molecule has 116 valence electrons. The molecule has 2 nitrogen and oxygen atoms in total. The molecule has 0 fully saturated rings. The monoisotopic (exact) mass is 314 g/mol. The molecule has 0 bridgehead atoms. The van der Waals surface area contributed by atoms with Crippen molar-refractivity contribution in [1.82, 2.24) is 4.90 Å². The van der Waals surface area contributed by atoms with Gasteiger partial charge in [-0.05, 0) is 68.9 Å². The molecule has 1 aliphatic rings. The first-order chi connectivity index (χ1) is 10.6. The van der Waals surface area contributed by atoms with Crippen LogP contribution in [0, 0.1) is 0 Å². The number of anilines is 2. The van der Waals surface area contributed by atoms with Gasteiger partial charge in [0.05, 0.1) is 0 Å². The zero-order valence-corrected chi connectivity index (χ0v) is 14.3. The van der Waals surface area contributed by atoms with Gasteiger partial charge in [0.25, 0.3) is 0 Å². The second-order valence-electron chi connectivity index (χ2n) is 6.32. The molecule has 0 N–H and O–H groups in total. The van der Waals surface area contributed by atoms with Crippen LogP contribution < -0.4 is 4.90 Å². The van der Waals surface area contributed by atoms with Gasteiger partial charge in [-0.2, -0.15) is 0 Å². The molecule has 3 heteroatoms.